The van der Waals surface area contributed by atoms with E-state index >= 15 is 0 Å². The fourth-order valence-electron chi connectivity index (χ4n) is 2.92. The fraction of sp³-hybridized carbons (Fsp3) is 0.923. The van der Waals surface area contributed by atoms with Gasteiger partial charge in [0.25, 0.3) is 10.2 Å². The third kappa shape index (κ3) is 3.74. The number of piperidine rings is 1. The number of rotatable bonds is 4. The zero-order chi connectivity index (χ0) is 15.5. The molecule has 1 N–H and O–H groups in total. The van der Waals surface area contributed by atoms with Crippen molar-refractivity contribution in [3.63, 3.8) is 0 Å². The summed E-state index contributed by atoms with van der Waals surface area (Å²) in [4.78, 5) is 11.8. The van der Waals surface area contributed by atoms with Crippen LogP contribution in [-0.4, -0.2) is 68.4 Å². The Labute approximate surface area is 126 Å². The van der Waals surface area contributed by atoms with E-state index in [1.165, 1.54) is 8.61 Å². The molecule has 8 heteroatoms. The van der Waals surface area contributed by atoms with Crippen molar-refractivity contribution in [2.75, 3.05) is 39.3 Å². The lowest BCUT2D eigenvalue weighted by Crippen LogP contribution is -2.57. The molecule has 0 saturated carbocycles. The van der Waals surface area contributed by atoms with E-state index in [4.69, 9.17) is 4.74 Å². The highest BCUT2D eigenvalue weighted by atomic mass is 32.2. The highest BCUT2D eigenvalue weighted by Crippen LogP contribution is 2.23. The molecule has 2 aliphatic rings. The molecule has 2 aliphatic heterocycles. The van der Waals surface area contributed by atoms with E-state index in [0.29, 0.717) is 45.6 Å². The summed E-state index contributed by atoms with van der Waals surface area (Å²) in [6.45, 7) is 6.51. The van der Waals surface area contributed by atoms with Crippen LogP contribution in [0.4, 0.5) is 0 Å². The van der Waals surface area contributed by atoms with Crippen molar-refractivity contribution in [1.82, 2.24) is 13.9 Å². The highest BCUT2D eigenvalue weighted by Gasteiger charge is 2.38. The van der Waals surface area contributed by atoms with Gasteiger partial charge in [-0.3, -0.25) is 4.79 Å². The number of hydrogen-bond donors (Lipinski definition) is 1. The number of nitrogens with zero attached hydrogens (tertiary/aromatic N) is 2. The molecule has 0 aromatic heterocycles. The van der Waals surface area contributed by atoms with Crippen LogP contribution in [0.25, 0.3) is 0 Å². The van der Waals surface area contributed by atoms with Gasteiger partial charge in [-0.25, -0.2) is 0 Å². The van der Waals surface area contributed by atoms with Crippen LogP contribution in [0, 0.1) is 5.92 Å². The van der Waals surface area contributed by atoms with Crippen molar-refractivity contribution in [2.45, 2.75) is 32.7 Å². The molecule has 2 fully saturated rings. The Bertz CT molecular complexity index is 468. The Balaban J connectivity index is 2.07. The molecule has 0 amide bonds. The average molecular weight is 319 g/mol. The summed E-state index contributed by atoms with van der Waals surface area (Å²) in [6.07, 6.45) is 1.39. The van der Waals surface area contributed by atoms with Gasteiger partial charge in [0.1, 0.15) is 0 Å². The first-order valence-electron chi connectivity index (χ1n) is 7.61. The van der Waals surface area contributed by atoms with Gasteiger partial charge in [-0.15, -0.1) is 0 Å². The van der Waals surface area contributed by atoms with Crippen LogP contribution < -0.4 is 5.32 Å². The van der Waals surface area contributed by atoms with E-state index in [2.05, 4.69) is 5.32 Å². The topological polar surface area (TPSA) is 79.0 Å². The Hall–Kier alpha value is -0.700. The third-order valence-corrected chi connectivity index (χ3v) is 6.19. The summed E-state index contributed by atoms with van der Waals surface area (Å²) >= 11 is 0. The lowest BCUT2D eigenvalue weighted by Gasteiger charge is -2.39. The maximum Gasteiger partial charge on any atom is 0.310 e. The van der Waals surface area contributed by atoms with Crippen molar-refractivity contribution in [2.24, 2.45) is 5.92 Å². The Morgan fingerprint density at radius 2 is 2.14 bits per heavy atom. The second-order valence-electron chi connectivity index (χ2n) is 5.62. The van der Waals surface area contributed by atoms with Crippen molar-refractivity contribution in [1.29, 1.82) is 0 Å². The van der Waals surface area contributed by atoms with Crippen LogP contribution in [0.15, 0.2) is 0 Å². The van der Waals surface area contributed by atoms with Crippen LogP contribution in [0.5, 0.6) is 0 Å². The normalized spacial score (nSPS) is 29.2. The van der Waals surface area contributed by atoms with Gasteiger partial charge in [-0.2, -0.15) is 17.0 Å². The van der Waals surface area contributed by atoms with Crippen LogP contribution in [-0.2, 0) is 19.7 Å². The number of ether oxygens (including phenoxy) is 1. The number of hydrogen-bond acceptors (Lipinski definition) is 5. The lowest BCUT2D eigenvalue weighted by atomic mass is 10.0. The van der Waals surface area contributed by atoms with Gasteiger partial charge in [-0.1, -0.05) is 0 Å². The molecule has 7 nitrogen and oxygen atoms in total. The molecule has 0 radical (unpaired) electrons. The van der Waals surface area contributed by atoms with Crippen LogP contribution >= 0.6 is 0 Å². The predicted octanol–water partition coefficient (Wildman–Crippen LogP) is -0.200. The Morgan fingerprint density at radius 3 is 2.81 bits per heavy atom. The first-order valence-corrected chi connectivity index (χ1v) is 9.00. The molecular formula is C13H25N3O4S. The molecule has 21 heavy (non-hydrogen) atoms. The van der Waals surface area contributed by atoms with Crippen molar-refractivity contribution in [3.05, 3.63) is 0 Å². The standard InChI is InChI=1S/C13H25N3O4S/c1-3-20-13(17)12-5-4-7-15(10-12)21(18,19)16-8-6-14-9-11(16)2/h11-12,14H,3-10H2,1-2H3/t11-,12?/m0/s1. The largest absolute Gasteiger partial charge is 0.466 e. The zero-order valence-electron chi connectivity index (χ0n) is 12.7. The number of carbonyl (C=O) groups is 1. The summed E-state index contributed by atoms with van der Waals surface area (Å²) in [5, 5.41) is 3.18. The molecule has 2 atom stereocenters. The van der Waals surface area contributed by atoms with Crippen LogP contribution in [0.3, 0.4) is 0 Å². The minimum atomic E-state index is -3.50. The molecule has 0 aromatic rings. The minimum Gasteiger partial charge on any atom is -0.466 e. The van der Waals surface area contributed by atoms with Gasteiger partial charge < -0.3 is 10.1 Å². The van der Waals surface area contributed by atoms with Gasteiger partial charge in [0, 0.05) is 38.8 Å². The smallest absolute Gasteiger partial charge is 0.310 e. The summed E-state index contributed by atoms with van der Waals surface area (Å²) < 4.78 is 33.5. The van der Waals surface area contributed by atoms with Gasteiger partial charge >= 0.3 is 5.97 Å². The molecule has 0 bridgehead atoms. The van der Waals surface area contributed by atoms with Crippen molar-refractivity contribution < 1.29 is 17.9 Å². The molecule has 1 unspecified atom stereocenters. The molecule has 2 rings (SSSR count). The van der Waals surface area contributed by atoms with Crippen molar-refractivity contribution in [3.8, 4) is 0 Å². The first-order chi connectivity index (χ1) is 9.96. The van der Waals surface area contributed by atoms with E-state index in [1.54, 1.807) is 6.92 Å². The van der Waals surface area contributed by atoms with Crippen LogP contribution in [0.2, 0.25) is 0 Å². The highest BCUT2D eigenvalue weighted by molar-refractivity contribution is 7.86. The monoisotopic (exact) mass is 319 g/mol. The number of carbonyl (C=O) groups excluding carboxylic acids is 1. The minimum absolute atomic E-state index is 0.0632. The average Bonchev–Trinajstić information content (AvgIpc) is 2.48. The second kappa shape index (κ2) is 7.04. The summed E-state index contributed by atoms with van der Waals surface area (Å²) in [6, 6.07) is -0.0632. The van der Waals surface area contributed by atoms with E-state index in [0.717, 1.165) is 0 Å². The van der Waals surface area contributed by atoms with Gasteiger partial charge in [0.05, 0.1) is 12.5 Å². The van der Waals surface area contributed by atoms with E-state index in [9.17, 15) is 13.2 Å². The first kappa shape index (κ1) is 16.7. The van der Waals surface area contributed by atoms with Crippen LogP contribution in [0.1, 0.15) is 26.7 Å². The summed E-state index contributed by atoms with van der Waals surface area (Å²) in [7, 11) is -3.50. The van der Waals surface area contributed by atoms with E-state index in [-0.39, 0.29) is 24.5 Å². The van der Waals surface area contributed by atoms with E-state index < -0.39 is 10.2 Å². The maximum atomic E-state index is 12.7. The Morgan fingerprint density at radius 1 is 1.38 bits per heavy atom. The molecule has 0 spiro atoms. The number of esters is 1. The third-order valence-electron chi connectivity index (χ3n) is 4.07. The van der Waals surface area contributed by atoms with Gasteiger partial charge in [-0.05, 0) is 26.7 Å². The van der Waals surface area contributed by atoms with Crippen molar-refractivity contribution >= 4 is 16.2 Å². The quantitative estimate of drug-likeness (QED) is 0.726. The number of nitrogens with one attached hydrogen (secondary N) is 1. The second-order valence-corrected chi connectivity index (χ2v) is 7.50. The van der Waals surface area contributed by atoms with E-state index in [1.807, 2.05) is 6.92 Å². The molecular weight excluding hydrogens is 294 g/mol. The lowest BCUT2D eigenvalue weighted by molar-refractivity contribution is -0.149. The fourth-order valence-corrected chi connectivity index (χ4v) is 4.79. The zero-order valence-corrected chi connectivity index (χ0v) is 13.6. The number of piperazine rings is 1. The summed E-state index contributed by atoms with van der Waals surface area (Å²) in [5.74, 6) is -0.627. The predicted molar refractivity (Wildman–Crippen MR) is 78.9 cm³/mol. The molecule has 2 heterocycles. The molecule has 0 aromatic carbocycles. The van der Waals surface area contributed by atoms with Gasteiger partial charge in [0.15, 0.2) is 0 Å². The molecule has 122 valence electrons. The molecule has 2 saturated heterocycles. The van der Waals surface area contributed by atoms with Gasteiger partial charge in [0.2, 0.25) is 0 Å². The summed E-state index contributed by atoms with van der Waals surface area (Å²) in [5.41, 5.74) is 0. The maximum absolute atomic E-state index is 12.7. The molecule has 0 aliphatic carbocycles. The Kier molecular flexibility index (Phi) is 5.59. The SMILES string of the molecule is CCOC(=O)C1CCCN(S(=O)(=O)N2CCNC[C@@H]2C)C1.